The minimum absolute atomic E-state index is 1.00. The van der Waals surface area contributed by atoms with Crippen molar-refractivity contribution in [3.8, 4) is 0 Å². The van der Waals surface area contributed by atoms with Crippen molar-refractivity contribution in [3.05, 3.63) is 48.7 Å². The Labute approximate surface area is 66.4 Å². The summed E-state index contributed by atoms with van der Waals surface area (Å²) in [4.78, 5) is 4.06. The van der Waals surface area contributed by atoms with Crippen LogP contribution in [0.3, 0.4) is 0 Å². The van der Waals surface area contributed by atoms with E-state index >= 15 is 0 Å². The highest BCUT2D eigenvalue weighted by Crippen LogP contribution is 2.26. The van der Waals surface area contributed by atoms with Crippen LogP contribution < -0.4 is 0 Å². The van der Waals surface area contributed by atoms with Crippen LogP contribution in [0.25, 0.3) is 0 Å². The van der Waals surface area contributed by atoms with Crippen molar-refractivity contribution in [2.75, 3.05) is 7.05 Å². The third kappa shape index (κ3) is 0.792. The van der Waals surface area contributed by atoms with E-state index in [9.17, 15) is 0 Å². The van der Waals surface area contributed by atoms with Gasteiger partial charge in [0.25, 0.3) is 0 Å². The van der Waals surface area contributed by atoms with Gasteiger partial charge in [0.1, 0.15) is 5.82 Å². The maximum Gasteiger partial charge on any atom is 0.109 e. The molecule has 0 unspecified atom stereocenters. The molecule has 0 spiro atoms. The third-order valence-electron chi connectivity index (χ3n) is 1.90. The Bertz CT molecular complexity index is 284. The third-order valence-corrected chi connectivity index (χ3v) is 1.90. The minimum atomic E-state index is 1.00. The lowest BCUT2D eigenvalue weighted by Crippen LogP contribution is -2.16. The van der Waals surface area contributed by atoms with Gasteiger partial charge in [-0.2, -0.15) is 0 Å². The number of allylic oxidation sites excluding steroid dienone is 3. The molecule has 0 saturated heterocycles. The number of hydrogen-bond acceptors (Lipinski definition) is 2. The fraction of sp³-hybridized carbons (Fsp3) is 0.111. The second-order valence-corrected chi connectivity index (χ2v) is 2.65. The first-order chi connectivity index (χ1) is 5.29. The van der Waals surface area contributed by atoms with Gasteiger partial charge in [0, 0.05) is 19.4 Å². The summed E-state index contributed by atoms with van der Waals surface area (Å²) in [7, 11) is 2.00. The molecule has 2 aliphatic rings. The maximum absolute atomic E-state index is 3.93. The number of rotatable bonds is 0. The Kier molecular flexibility index (Phi) is 1.15. The average Bonchev–Trinajstić information content (AvgIpc) is 2.30. The van der Waals surface area contributed by atoms with Gasteiger partial charge in [-0.3, -0.25) is 0 Å². The molecule has 56 valence electrons. The summed E-state index contributed by atoms with van der Waals surface area (Å²) in [6.45, 7) is 3.93. The molecule has 2 rings (SSSR count). The van der Waals surface area contributed by atoms with Crippen molar-refractivity contribution in [1.29, 1.82) is 0 Å². The van der Waals surface area contributed by atoms with Crippen LogP contribution in [0.15, 0.2) is 48.7 Å². The van der Waals surface area contributed by atoms with E-state index in [2.05, 4.69) is 23.8 Å². The van der Waals surface area contributed by atoms with Gasteiger partial charge in [-0.15, -0.1) is 0 Å². The van der Waals surface area contributed by atoms with E-state index in [0.717, 1.165) is 5.82 Å². The van der Waals surface area contributed by atoms with Crippen LogP contribution >= 0.6 is 0 Å². The van der Waals surface area contributed by atoms with E-state index in [1.165, 1.54) is 5.70 Å². The van der Waals surface area contributed by atoms with Gasteiger partial charge in [-0.1, -0.05) is 12.7 Å². The van der Waals surface area contributed by atoms with E-state index < -0.39 is 0 Å². The fourth-order valence-electron chi connectivity index (χ4n) is 1.24. The molecule has 2 aliphatic heterocycles. The Morgan fingerprint density at radius 1 is 1.36 bits per heavy atom. The SMILES string of the molecule is C=C1N(C)C=C2C=CC=CN12. The lowest BCUT2D eigenvalue weighted by atomic mass is 10.3. The molecule has 0 aromatic heterocycles. The number of nitrogens with zero attached hydrogens (tertiary/aromatic N) is 2. The average molecular weight is 146 g/mol. The standard InChI is InChI=1S/C9H10N2/c1-8-10(2)7-9-5-3-4-6-11(8)9/h3-7H,1H2,2H3. The zero-order chi connectivity index (χ0) is 7.84. The summed E-state index contributed by atoms with van der Waals surface area (Å²) in [5, 5.41) is 0. The van der Waals surface area contributed by atoms with Crippen molar-refractivity contribution in [1.82, 2.24) is 9.80 Å². The fourth-order valence-corrected chi connectivity index (χ4v) is 1.24. The normalized spacial score (nSPS) is 20.8. The second kappa shape index (κ2) is 2.02. The summed E-state index contributed by atoms with van der Waals surface area (Å²) in [6, 6.07) is 0. The first kappa shape index (κ1) is 6.28. The Hall–Kier alpha value is -1.44. The van der Waals surface area contributed by atoms with Crippen molar-refractivity contribution in [2.45, 2.75) is 0 Å². The van der Waals surface area contributed by atoms with Gasteiger partial charge in [0.05, 0.1) is 5.70 Å². The summed E-state index contributed by atoms with van der Waals surface area (Å²) in [5.41, 5.74) is 1.18. The molecule has 0 aliphatic carbocycles. The zero-order valence-electron chi connectivity index (χ0n) is 6.49. The van der Waals surface area contributed by atoms with Gasteiger partial charge in [0.15, 0.2) is 0 Å². The molecular weight excluding hydrogens is 136 g/mol. The second-order valence-electron chi connectivity index (χ2n) is 2.65. The van der Waals surface area contributed by atoms with E-state index in [-0.39, 0.29) is 0 Å². The van der Waals surface area contributed by atoms with Gasteiger partial charge < -0.3 is 9.80 Å². The lowest BCUT2D eigenvalue weighted by Gasteiger charge is -2.20. The summed E-state index contributed by atoms with van der Waals surface area (Å²) < 4.78 is 0. The summed E-state index contributed by atoms with van der Waals surface area (Å²) in [6.07, 6.45) is 10.2. The van der Waals surface area contributed by atoms with Crippen LogP contribution in [0.1, 0.15) is 0 Å². The predicted octanol–water partition coefficient (Wildman–Crippen LogP) is 1.63. The van der Waals surface area contributed by atoms with Crippen molar-refractivity contribution in [3.63, 3.8) is 0 Å². The molecule has 0 aromatic rings. The van der Waals surface area contributed by atoms with Gasteiger partial charge in [-0.25, -0.2) is 0 Å². The maximum atomic E-state index is 3.93. The molecule has 0 N–H and O–H groups in total. The van der Waals surface area contributed by atoms with Gasteiger partial charge >= 0.3 is 0 Å². The molecule has 0 fully saturated rings. The van der Waals surface area contributed by atoms with Crippen LogP contribution in [-0.2, 0) is 0 Å². The molecule has 2 heteroatoms. The van der Waals surface area contributed by atoms with Crippen LogP contribution in [0.4, 0.5) is 0 Å². The van der Waals surface area contributed by atoms with Crippen LogP contribution in [0, 0.1) is 0 Å². The van der Waals surface area contributed by atoms with E-state index in [1.54, 1.807) is 0 Å². The Balaban J connectivity index is 2.40. The zero-order valence-corrected chi connectivity index (χ0v) is 6.49. The van der Waals surface area contributed by atoms with Crippen LogP contribution in [0.2, 0.25) is 0 Å². The van der Waals surface area contributed by atoms with Gasteiger partial charge in [-0.05, 0) is 12.2 Å². The molecule has 0 radical (unpaired) electrons. The quantitative estimate of drug-likeness (QED) is 0.512. The number of fused-ring (bicyclic) bond motifs is 1. The van der Waals surface area contributed by atoms with Crippen LogP contribution in [0.5, 0.6) is 0 Å². The van der Waals surface area contributed by atoms with Crippen LogP contribution in [-0.4, -0.2) is 16.8 Å². The smallest absolute Gasteiger partial charge is 0.109 e. The minimum Gasteiger partial charge on any atom is -0.336 e. The molecule has 0 saturated carbocycles. The monoisotopic (exact) mass is 146 g/mol. The highest BCUT2D eigenvalue weighted by Gasteiger charge is 2.19. The molecule has 0 aromatic carbocycles. The summed E-state index contributed by atoms with van der Waals surface area (Å²) in [5.74, 6) is 1.00. The van der Waals surface area contributed by atoms with E-state index in [0.29, 0.717) is 0 Å². The lowest BCUT2D eigenvalue weighted by molar-refractivity contribution is 0.469. The van der Waals surface area contributed by atoms with E-state index in [1.807, 2.05) is 30.3 Å². The van der Waals surface area contributed by atoms with Crippen molar-refractivity contribution < 1.29 is 0 Å². The number of hydrogen-bond donors (Lipinski definition) is 0. The molecule has 2 heterocycles. The molecule has 2 nitrogen and oxygen atoms in total. The molecular formula is C9H10N2. The van der Waals surface area contributed by atoms with Crippen molar-refractivity contribution >= 4 is 0 Å². The van der Waals surface area contributed by atoms with Crippen molar-refractivity contribution in [2.24, 2.45) is 0 Å². The first-order valence-electron chi connectivity index (χ1n) is 3.57. The Morgan fingerprint density at radius 2 is 2.18 bits per heavy atom. The van der Waals surface area contributed by atoms with E-state index in [4.69, 9.17) is 0 Å². The molecule has 0 amide bonds. The highest BCUT2D eigenvalue weighted by molar-refractivity contribution is 5.35. The first-order valence-corrected chi connectivity index (χ1v) is 3.57. The molecule has 11 heavy (non-hydrogen) atoms. The summed E-state index contributed by atoms with van der Waals surface area (Å²) >= 11 is 0. The molecule has 0 bridgehead atoms. The largest absolute Gasteiger partial charge is 0.336 e. The molecule has 0 atom stereocenters. The van der Waals surface area contributed by atoms with Gasteiger partial charge in [0.2, 0.25) is 0 Å². The Morgan fingerprint density at radius 3 is 2.91 bits per heavy atom. The predicted molar refractivity (Wildman–Crippen MR) is 45.1 cm³/mol. The highest BCUT2D eigenvalue weighted by atomic mass is 15.4. The topological polar surface area (TPSA) is 6.48 Å².